The smallest absolute Gasteiger partial charge is 0.123 e. The van der Waals surface area contributed by atoms with Crippen molar-refractivity contribution in [1.82, 2.24) is 4.57 Å². The number of hydrogen-bond donors (Lipinski definition) is 1. The lowest BCUT2D eigenvalue weighted by Gasteiger charge is -2.27. The average molecular weight is 246 g/mol. The minimum absolute atomic E-state index is 0.0628. The minimum atomic E-state index is -0.167. The summed E-state index contributed by atoms with van der Waals surface area (Å²) in [5.74, 6) is -0.167. The van der Waals surface area contributed by atoms with Crippen LogP contribution in [-0.4, -0.2) is 11.1 Å². The monoisotopic (exact) mass is 246 g/mol. The standard InChI is InChI=1S/C15H19FN2/c1-18-9-13(15(10-17)6-2-3-7-15)12-8-11(16)4-5-14(12)18/h4-5,8-9H,2-3,6-7,10,17H2,1H3. The van der Waals surface area contributed by atoms with Crippen LogP contribution >= 0.6 is 0 Å². The molecule has 1 aliphatic carbocycles. The zero-order valence-electron chi connectivity index (χ0n) is 10.7. The van der Waals surface area contributed by atoms with Crippen molar-refractivity contribution >= 4 is 10.9 Å². The molecule has 0 amide bonds. The third kappa shape index (κ3) is 1.57. The number of rotatable bonds is 2. The molecule has 1 aromatic carbocycles. The van der Waals surface area contributed by atoms with E-state index in [9.17, 15) is 4.39 Å². The number of halogens is 1. The first-order valence-corrected chi connectivity index (χ1v) is 6.61. The predicted octanol–water partition coefficient (Wildman–Crippen LogP) is 3.09. The van der Waals surface area contributed by atoms with Crippen LogP contribution in [0.2, 0.25) is 0 Å². The summed E-state index contributed by atoms with van der Waals surface area (Å²) in [7, 11) is 2.02. The Labute approximate surface area is 107 Å². The van der Waals surface area contributed by atoms with E-state index in [1.807, 2.05) is 13.1 Å². The molecule has 0 aliphatic heterocycles. The van der Waals surface area contributed by atoms with Gasteiger partial charge in [0.2, 0.25) is 0 Å². The molecule has 96 valence electrons. The normalized spacial score (nSPS) is 18.6. The van der Waals surface area contributed by atoms with Crippen molar-refractivity contribution in [3.8, 4) is 0 Å². The number of benzene rings is 1. The van der Waals surface area contributed by atoms with E-state index in [1.54, 1.807) is 6.07 Å². The number of aromatic nitrogens is 1. The molecule has 1 aliphatic rings. The number of nitrogens with zero attached hydrogens (tertiary/aromatic N) is 1. The van der Waals surface area contributed by atoms with Crippen LogP contribution in [0.5, 0.6) is 0 Å². The molecule has 1 fully saturated rings. The van der Waals surface area contributed by atoms with Gasteiger partial charge in [0, 0.05) is 36.1 Å². The van der Waals surface area contributed by atoms with Crippen LogP contribution in [-0.2, 0) is 12.5 Å². The Morgan fingerprint density at radius 3 is 2.72 bits per heavy atom. The predicted molar refractivity (Wildman–Crippen MR) is 72.1 cm³/mol. The van der Waals surface area contributed by atoms with Gasteiger partial charge in [0.1, 0.15) is 5.82 Å². The summed E-state index contributed by atoms with van der Waals surface area (Å²) in [5, 5.41) is 1.03. The SMILES string of the molecule is Cn1cc(C2(CN)CCCC2)c2cc(F)ccc21. The van der Waals surface area contributed by atoms with Gasteiger partial charge in [0.25, 0.3) is 0 Å². The van der Waals surface area contributed by atoms with Crippen LogP contribution in [0, 0.1) is 5.82 Å². The lowest BCUT2D eigenvalue weighted by atomic mass is 9.79. The van der Waals surface area contributed by atoms with E-state index in [0.29, 0.717) is 6.54 Å². The van der Waals surface area contributed by atoms with Gasteiger partial charge in [-0.2, -0.15) is 0 Å². The Morgan fingerprint density at radius 2 is 2.06 bits per heavy atom. The van der Waals surface area contributed by atoms with Gasteiger partial charge in [-0.15, -0.1) is 0 Å². The van der Waals surface area contributed by atoms with E-state index < -0.39 is 0 Å². The Bertz CT molecular complexity index is 579. The molecule has 0 radical (unpaired) electrons. The molecule has 0 unspecified atom stereocenters. The largest absolute Gasteiger partial charge is 0.350 e. The molecular formula is C15H19FN2. The molecule has 2 nitrogen and oxygen atoms in total. The highest BCUT2D eigenvalue weighted by molar-refractivity contribution is 5.85. The van der Waals surface area contributed by atoms with Crippen molar-refractivity contribution in [2.45, 2.75) is 31.1 Å². The van der Waals surface area contributed by atoms with E-state index >= 15 is 0 Å². The van der Waals surface area contributed by atoms with Crippen LogP contribution in [0.1, 0.15) is 31.2 Å². The lowest BCUT2D eigenvalue weighted by Crippen LogP contribution is -2.31. The van der Waals surface area contributed by atoms with Crippen LogP contribution in [0.3, 0.4) is 0 Å². The van der Waals surface area contributed by atoms with Crippen LogP contribution in [0.15, 0.2) is 24.4 Å². The average Bonchev–Trinajstić information content (AvgIpc) is 2.95. The summed E-state index contributed by atoms with van der Waals surface area (Å²) in [4.78, 5) is 0. The van der Waals surface area contributed by atoms with Gasteiger partial charge in [0.05, 0.1) is 0 Å². The Balaban J connectivity index is 2.25. The first kappa shape index (κ1) is 11.7. The highest BCUT2D eigenvalue weighted by Crippen LogP contribution is 2.43. The van der Waals surface area contributed by atoms with Crippen molar-refractivity contribution in [2.24, 2.45) is 12.8 Å². The Hall–Kier alpha value is -1.35. The highest BCUT2D eigenvalue weighted by atomic mass is 19.1. The third-order valence-corrected chi connectivity index (χ3v) is 4.47. The van der Waals surface area contributed by atoms with Gasteiger partial charge in [-0.05, 0) is 36.6 Å². The zero-order valence-corrected chi connectivity index (χ0v) is 10.7. The van der Waals surface area contributed by atoms with Gasteiger partial charge in [-0.3, -0.25) is 0 Å². The lowest BCUT2D eigenvalue weighted by molar-refractivity contribution is 0.455. The molecule has 2 aromatic rings. The van der Waals surface area contributed by atoms with Crippen molar-refractivity contribution < 1.29 is 4.39 Å². The number of hydrogen-bond acceptors (Lipinski definition) is 1. The number of fused-ring (bicyclic) bond motifs is 1. The maximum absolute atomic E-state index is 13.5. The highest BCUT2D eigenvalue weighted by Gasteiger charge is 2.36. The quantitative estimate of drug-likeness (QED) is 0.867. The van der Waals surface area contributed by atoms with E-state index in [0.717, 1.165) is 23.7 Å². The summed E-state index contributed by atoms with van der Waals surface area (Å²) in [6, 6.07) is 5.03. The first-order chi connectivity index (χ1) is 8.66. The second kappa shape index (κ2) is 4.09. The molecule has 1 aromatic heterocycles. The summed E-state index contributed by atoms with van der Waals surface area (Å²) < 4.78 is 15.6. The van der Waals surface area contributed by atoms with Crippen LogP contribution < -0.4 is 5.73 Å². The fraction of sp³-hybridized carbons (Fsp3) is 0.467. The summed E-state index contributed by atoms with van der Waals surface area (Å²) >= 11 is 0. The van der Waals surface area contributed by atoms with Crippen molar-refractivity contribution in [3.63, 3.8) is 0 Å². The molecule has 0 atom stereocenters. The Kier molecular flexibility index (Phi) is 2.67. The molecular weight excluding hydrogens is 227 g/mol. The van der Waals surface area contributed by atoms with Crippen molar-refractivity contribution in [2.75, 3.05) is 6.54 Å². The molecule has 0 saturated heterocycles. The molecule has 1 saturated carbocycles. The van der Waals surface area contributed by atoms with Gasteiger partial charge in [-0.25, -0.2) is 4.39 Å². The van der Waals surface area contributed by atoms with E-state index in [4.69, 9.17) is 5.73 Å². The summed E-state index contributed by atoms with van der Waals surface area (Å²) in [5.41, 5.74) is 8.42. The van der Waals surface area contributed by atoms with Crippen LogP contribution in [0.25, 0.3) is 10.9 Å². The van der Waals surface area contributed by atoms with Crippen molar-refractivity contribution in [3.05, 3.63) is 35.8 Å². The third-order valence-electron chi connectivity index (χ3n) is 4.47. The fourth-order valence-corrected chi connectivity index (χ4v) is 3.42. The van der Waals surface area contributed by atoms with E-state index in [-0.39, 0.29) is 11.2 Å². The molecule has 3 rings (SSSR count). The number of nitrogens with two attached hydrogens (primary N) is 1. The molecule has 0 bridgehead atoms. The summed E-state index contributed by atoms with van der Waals surface area (Å²) in [6.07, 6.45) is 6.84. The van der Waals surface area contributed by atoms with Gasteiger partial charge in [-0.1, -0.05) is 12.8 Å². The maximum Gasteiger partial charge on any atom is 0.123 e. The summed E-state index contributed by atoms with van der Waals surface area (Å²) in [6.45, 7) is 0.655. The second-order valence-corrected chi connectivity index (χ2v) is 5.51. The van der Waals surface area contributed by atoms with Gasteiger partial charge in [0.15, 0.2) is 0 Å². The molecule has 2 N–H and O–H groups in total. The zero-order chi connectivity index (χ0) is 12.8. The van der Waals surface area contributed by atoms with Crippen molar-refractivity contribution in [1.29, 1.82) is 0 Å². The fourth-order valence-electron chi connectivity index (χ4n) is 3.42. The molecule has 18 heavy (non-hydrogen) atoms. The molecule has 3 heteroatoms. The Morgan fingerprint density at radius 1 is 1.33 bits per heavy atom. The first-order valence-electron chi connectivity index (χ1n) is 6.61. The maximum atomic E-state index is 13.5. The van der Waals surface area contributed by atoms with Gasteiger partial charge >= 0.3 is 0 Å². The van der Waals surface area contributed by atoms with Gasteiger partial charge < -0.3 is 10.3 Å². The molecule has 0 spiro atoms. The topological polar surface area (TPSA) is 30.9 Å². The van der Waals surface area contributed by atoms with Crippen LogP contribution in [0.4, 0.5) is 4.39 Å². The second-order valence-electron chi connectivity index (χ2n) is 5.51. The van der Waals surface area contributed by atoms with E-state index in [2.05, 4.69) is 10.8 Å². The van der Waals surface area contributed by atoms with E-state index in [1.165, 1.54) is 24.5 Å². The molecule has 1 heterocycles. The minimum Gasteiger partial charge on any atom is -0.350 e. The number of aryl methyl sites for hydroxylation is 1.